The SMILES string of the molecule is [C-]#[N+]c1ccc(-c2nc(N3CCC(N(C)C)CC3)c3cncn3c2-c2cnc3c(cnn3C)c2)cc1. The molecular weight excluding hydrogens is 450 g/mol. The average molecular weight is 478 g/mol. The number of hydrogen-bond donors (Lipinski definition) is 0. The number of rotatable bonds is 4. The number of piperidine rings is 1. The topological polar surface area (TPSA) is 71.7 Å². The molecular formula is C27H27N9. The standard InChI is InChI=1S/C27H27N9/c1-28-21-7-5-18(6-8-21)24-25(19-13-20-15-31-34(4)26(20)30-14-19)36-17-29-16-23(36)27(32-24)35-11-9-22(10-12-35)33(2)3/h5-8,13-17,22H,9-12H2,2-4H3. The summed E-state index contributed by atoms with van der Waals surface area (Å²) in [4.78, 5) is 22.7. The zero-order chi connectivity index (χ0) is 24.8. The summed E-state index contributed by atoms with van der Waals surface area (Å²) in [5.41, 5.74) is 6.05. The van der Waals surface area contributed by atoms with Gasteiger partial charge in [-0.2, -0.15) is 5.10 Å². The molecule has 6 rings (SSSR count). The molecule has 0 unspecified atom stereocenters. The van der Waals surface area contributed by atoms with Crippen molar-refractivity contribution in [1.29, 1.82) is 0 Å². The molecule has 0 radical (unpaired) electrons. The molecule has 1 fully saturated rings. The van der Waals surface area contributed by atoms with Crippen molar-refractivity contribution in [3.63, 3.8) is 0 Å². The predicted octanol–water partition coefficient (Wildman–Crippen LogP) is 4.43. The van der Waals surface area contributed by atoms with Gasteiger partial charge in [-0.05, 0) is 38.6 Å². The number of aromatic nitrogens is 6. The Balaban J connectivity index is 1.55. The van der Waals surface area contributed by atoms with Gasteiger partial charge < -0.3 is 9.80 Å². The molecule has 0 spiro atoms. The van der Waals surface area contributed by atoms with Gasteiger partial charge in [0, 0.05) is 43.3 Å². The molecule has 0 atom stereocenters. The van der Waals surface area contributed by atoms with Gasteiger partial charge in [-0.25, -0.2) is 19.8 Å². The van der Waals surface area contributed by atoms with Crippen LogP contribution in [0.15, 0.2) is 55.2 Å². The van der Waals surface area contributed by atoms with Gasteiger partial charge in [-0.3, -0.25) is 9.08 Å². The van der Waals surface area contributed by atoms with Crippen LogP contribution in [0.5, 0.6) is 0 Å². The van der Waals surface area contributed by atoms with Gasteiger partial charge in [-0.1, -0.05) is 24.3 Å². The fourth-order valence-electron chi connectivity index (χ4n) is 5.14. The minimum absolute atomic E-state index is 0.583. The highest BCUT2D eigenvalue weighted by molar-refractivity contribution is 5.88. The minimum atomic E-state index is 0.583. The maximum Gasteiger partial charge on any atom is 0.187 e. The Morgan fingerprint density at radius 3 is 2.53 bits per heavy atom. The van der Waals surface area contributed by atoms with E-state index in [9.17, 15) is 0 Å². The first kappa shape index (κ1) is 22.2. The van der Waals surface area contributed by atoms with Crippen LogP contribution in [0.4, 0.5) is 11.5 Å². The molecule has 1 saturated heterocycles. The van der Waals surface area contributed by atoms with Crippen LogP contribution in [-0.2, 0) is 7.05 Å². The summed E-state index contributed by atoms with van der Waals surface area (Å²) in [7, 11) is 6.20. The Kier molecular flexibility index (Phi) is 5.38. The number of imidazole rings is 1. The van der Waals surface area contributed by atoms with Crippen molar-refractivity contribution in [2.24, 2.45) is 7.05 Å². The second-order valence-corrected chi connectivity index (χ2v) is 9.53. The van der Waals surface area contributed by atoms with E-state index in [-0.39, 0.29) is 0 Å². The predicted molar refractivity (Wildman–Crippen MR) is 141 cm³/mol. The quantitative estimate of drug-likeness (QED) is 0.357. The van der Waals surface area contributed by atoms with E-state index in [4.69, 9.17) is 16.5 Å². The van der Waals surface area contributed by atoms with E-state index in [0.29, 0.717) is 11.7 Å². The summed E-state index contributed by atoms with van der Waals surface area (Å²) in [6.45, 7) is 9.23. The van der Waals surface area contributed by atoms with Crippen LogP contribution >= 0.6 is 0 Å². The first-order chi connectivity index (χ1) is 17.5. The van der Waals surface area contributed by atoms with Crippen LogP contribution in [0, 0.1) is 6.57 Å². The second kappa shape index (κ2) is 8.73. The number of fused-ring (bicyclic) bond motifs is 2. The van der Waals surface area contributed by atoms with Crippen LogP contribution in [0.25, 0.3) is 43.9 Å². The lowest BCUT2D eigenvalue weighted by Crippen LogP contribution is -2.42. The van der Waals surface area contributed by atoms with Crippen LogP contribution in [-0.4, -0.2) is 67.3 Å². The van der Waals surface area contributed by atoms with Crippen LogP contribution in [0.2, 0.25) is 0 Å². The molecule has 5 heterocycles. The van der Waals surface area contributed by atoms with Gasteiger partial charge >= 0.3 is 0 Å². The first-order valence-corrected chi connectivity index (χ1v) is 12.1. The number of aryl methyl sites for hydroxylation is 1. The van der Waals surface area contributed by atoms with Gasteiger partial charge in [0.2, 0.25) is 0 Å². The fourth-order valence-corrected chi connectivity index (χ4v) is 5.14. The number of hydrogen-bond acceptors (Lipinski definition) is 6. The van der Waals surface area contributed by atoms with Gasteiger partial charge in [0.1, 0.15) is 5.52 Å². The summed E-state index contributed by atoms with van der Waals surface area (Å²) >= 11 is 0. The molecule has 9 heteroatoms. The molecule has 1 aromatic carbocycles. The normalized spacial score (nSPS) is 14.7. The lowest BCUT2D eigenvalue weighted by molar-refractivity contribution is 0.249. The molecule has 1 aliphatic rings. The van der Waals surface area contributed by atoms with Crippen LogP contribution in [0.1, 0.15) is 12.8 Å². The van der Waals surface area contributed by atoms with Crippen molar-refractivity contribution >= 4 is 28.1 Å². The van der Waals surface area contributed by atoms with Gasteiger partial charge in [-0.15, -0.1) is 0 Å². The number of benzene rings is 1. The first-order valence-electron chi connectivity index (χ1n) is 12.1. The maximum absolute atomic E-state index is 7.35. The smallest absolute Gasteiger partial charge is 0.187 e. The van der Waals surface area contributed by atoms with Crippen molar-refractivity contribution < 1.29 is 0 Å². The third kappa shape index (κ3) is 3.67. The zero-order valence-electron chi connectivity index (χ0n) is 20.6. The summed E-state index contributed by atoms with van der Waals surface area (Å²) < 4.78 is 3.90. The molecule has 36 heavy (non-hydrogen) atoms. The minimum Gasteiger partial charge on any atom is -0.355 e. The van der Waals surface area contributed by atoms with E-state index in [1.165, 1.54) is 0 Å². The van der Waals surface area contributed by atoms with Crippen molar-refractivity contribution in [3.05, 3.63) is 66.7 Å². The molecule has 0 saturated carbocycles. The van der Waals surface area contributed by atoms with Gasteiger partial charge in [0.15, 0.2) is 17.2 Å². The lowest BCUT2D eigenvalue weighted by atomic mass is 10.0. The van der Waals surface area contributed by atoms with Crippen molar-refractivity contribution in [3.8, 4) is 22.5 Å². The number of nitrogens with zero attached hydrogens (tertiary/aromatic N) is 9. The summed E-state index contributed by atoms with van der Waals surface area (Å²) in [5, 5.41) is 5.32. The van der Waals surface area contributed by atoms with E-state index >= 15 is 0 Å². The van der Waals surface area contributed by atoms with E-state index in [0.717, 1.165) is 70.8 Å². The molecule has 0 aliphatic carbocycles. The summed E-state index contributed by atoms with van der Waals surface area (Å²) in [6, 6.07) is 10.3. The van der Waals surface area contributed by atoms with Crippen LogP contribution < -0.4 is 4.90 Å². The lowest BCUT2D eigenvalue weighted by Gasteiger charge is -2.36. The van der Waals surface area contributed by atoms with Crippen molar-refractivity contribution in [2.75, 3.05) is 32.1 Å². The zero-order valence-corrected chi connectivity index (χ0v) is 20.6. The van der Waals surface area contributed by atoms with Gasteiger partial charge in [0.05, 0.1) is 36.7 Å². The highest BCUT2D eigenvalue weighted by atomic mass is 15.3. The maximum atomic E-state index is 7.35. The molecule has 4 aromatic heterocycles. The molecule has 5 aromatic rings. The average Bonchev–Trinajstić information content (AvgIpc) is 3.54. The van der Waals surface area contributed by atoms with Gasteiger partial charge in [0.25, 0.3) is 0 Å². The second-order valence-electron chi connectivity index (χ2n) is 9.53. The highest BCUT2D eigenvalue weighted by Gasteiger charge is 2.26. The molecule has 9 nitrogen and oxygen atoms in total. The Morgan fingerprint density at radius 1 is 1.03 bits per heavy atom. The molecule has 0 bridgehead atoms. The Hall–Kier alpha value is -4.29. The monoisotopic (exact) mass is 477 g/mol. The molecule has 1 aliphatic heterocycles. The summed E-state index contributed by atoms with van der Waals surface area (Å²) in [6.07, 6.45) is 9.64. The van der Waals surface area contributed by atoms with Crippen molar-refractivity contribution in [2.45, 2.75) is 18.9 Å². The Bertz CT molecular complexity index is 1600. The van der Waals surface area contributed by atoms with Crippen molar-refractivity contribution in [1.82, 2.24) is 34.0 Å². The molecule has 180 valence electrons. The third-order valence-corrected chi connectivity index (χ3v) is 7.16. The van der Waals surface area contributed by atoms with Crippen LogP contribution in [0.3, 0.4) is 0 Å². The number of pyridine rings is 1. The van der Waals surface area contributed by atoms with E-state index < -0.39 is 0 Å². The number of anilines is 1. The summed E-state index contributed by atoms with van der Waals surface area (Å²) in [5.74, 6) is 0.938. The molecule has 0 N–H and O–H groups in total. The molecule has 0 amide bonds. The highest BCUT2D eigenvalue weighted by Crippen LogP contribution is 2.37. The Labute approximate surface area is 209 Å². The van der Waals surface area contributed by atoms with E-state index in [2.05, 4.69) is 49.3 Å². The Morgan fingerprint density at radius 2 is 1.81 bits per heavy atom. The fraction of sp³-hybridized carbons (Fsp3) is 0.296. The van der Waals surface area contributed by atoms with E-state index in [1.807, 2.05) is 56.2 Å². The largest absolute Gasteiger partial charge is 0.355 e. The van der Waals surface area contributed by atoms with E-state index in [1.54, 1.807) is 4.68 Å². The third-order valence-electron chi connectivity index (χ3n) is 7.16.